The van der Waals surface area contributed by atoms with E-state index in [1.54, 1.807) is 43.3 Å². The molecule has 45 heavy (non-hydrogen) atoms. The zero-order valence-electron chi connectivity index (χ0n) is 25.5. The monoisotopic (exact) mass is 709 g/mol. The molecule has 0 saturated heterocycles. The molecule has 7 nitrogen and oxygen atoms in total. The van der Waals surface area contributed by atoms with Crippen LogP contribution >= 0.6 is 27.5 Å². The van der Waals surface area contributed by atoms with Crippen LogP contribution in [0.5, 0.6) is 0 Å². The van der Waals surface area contributed by atoms with E-state index < -0.39 is 28.5 Å². The zero-order chi connectivity index (χ0) is 32.6. The van der Waals surface area contributed by atoms with Crippen molar-refractivity contribution in [3.05, 3.63) is 129 Å². The number of aryl methyl sites for hydroxylation is 1. The van der Waals surface area contributed by atoms with Crippen molar-refractivity contribution in [1.29, 1.82) is 0 Å². The number of anilines is 1. The molecular formula is C35H37BrClN3O4S. The standard InChI is InChI=1S/C35H37BrClN3O4S/c1-4-26(3)38-35(42)33(21-27-11-7-5-8-12-27)39(23-28-16-18-29(36)19-17-28)34(41)24-40(32-22-30(37)20-15-25(32)2)45(43,44)31-13-9-6-10-14-31/h5-20,22,26,33H,4,21,23-24H2,1-3H3,(H,38,42)/t26-,33-/m1/s1. The van der Waals surface area contributed by atoms with Gasteiger partial charge < -0.3 is 10.2 Å². The van der Waals surface area contributed by atoms with Gasteiger partial charge in [-0.05, 0) is 73.4 Å². The Hall–Kier alpha value is -3.66. The van der Waals surface area contributed by atoms with Crippen molar-refractivity contribution in [3.63, 3.8) is 0 Å². The molecule has 4 aromatic carbocycles. The maximum absolute atomic E-state index is 14.6. The molecule has 0 aliphatic heterocycles. The first-order chi connectivity index (χ1) is 21.5. The molecule has 4 rings (SSSR count). The Morgan fingerprint density at radius 2 is 1.51 bits per heavy atom. The minimum atomic E-state index is -4.21. The number of amides is 2. The molecule has 0 radical (unpaired) electrons. The Morgan fingerprint density at radius 1 is 0.889 bits per heavy atom. The highest BCUT2D eigenvalue weighted by atomic mass is 79.9. The molecule has 0 aliphatic carbocycles. The Kier molecular flexibility index (Phi) is 11.8. The highest BCUT2D eigenvalue weighted by molar-refractivity contribution is 9.10. The van der Waals surface area contributed by atoms with E-state index in [4.69, 9.17) is 11.6 Å². The number of hydrogen-bond donors (Lipinski definition) is 1. The molecule has 236 valence electrons. The van der Waals surface area contributed by atoms with Gasteiger partial charge >= 0.3 is 0 Å². The van der Waals surface area contributed by atoms with Crippen LogP contribution in [0, 0.1) is 6.92 Å². The molecule has 0 unspecified atom stereocenters. The smallest absolute Gasteiger partial charge is 0.264 e. The van der Waals surface area contributed by atoms with Crippen LogP contribution in [0.4, 0.5) is 5.69 Å². The summed E-state index contributed by atoms with van der Waals surface area (Å²) in [4.78, 5) is 30.0. The molecule has 2 amide bonds. The van der Waals surface area contributed by atoms with Crippen LogP contribution in [0.2, 0.25) is 5.02 Å². The lowest BCUT2D eigenvalue weighted by Gasteiger charge is -2.34. The molecule has 4 aromatic rings. The molecule has 0 bridgehead atoms. The van der Waals surface area contributed by atoms with Gasteiger partial charge in [-0.1, -0.05) is 101 Å². The van der Waals surface area contributed by atoms with Gasteiger partial charge in [-0.25, -0.2) is 8.42 Å². The van der Waals surface area contributed by atoms with Crippen molar-refractivity contribution in [3.8, 4) is 0 Å². The molecule has 1 N–H and O–H groups in total. The van der Waals surface area contributed by atoms with Gasteiger partial charge in [0.25, 0.3) is 10.0 Å². The van der Waals surface area contributed by atoms with Crippen molar-refractivity contribution in [1.82, 2.24) is 10.2 Å². The lowest BCUT2D eigenvalue weighted by atomic mass is 10.0. The summed E-state index contributed by atoms with van der Waals surface area (Å²) in [5.74, 6) is -0.841. The Morgan fingerprint density at radius 3 is 2.13 bits per heavy atom. The maximum Gasteiger partial charge on any atom is 0.264 e. The number of rotatable bonds is 13. The molecule has 2 atom stereocenters. The minimum absolute atomic E-state index is 0.0342. The van der Waals surface area contributed by atoms with Crippen molar-refractivity contribution in [2.45, 2.75) is 57.1 Å². The van der Waals surface area contributed by atoms with Crippen LogP contribution in [0.3, 0.4) is 0 Å². The summed E-state index contributed by atoms with van der Waals surface area (Å²) in [5.41, 5.74) is 2.57. The normalized spacial score (nSPS) is 12.6. The third kappa shape index (κ3) is 8.96. The summed E-state index contributed by atoms with van der Waals surface area (Å²) >= 11 is 9.81. The predicted octanol–water partition coefficient (Wildman–Crippen LogP) is 7.16. The molecule has 0 heterocycles. The van der Waals surface area contributed by atoms with Gasteiger partial charge in [0, 0.05) is 28.5 Å². The largest absolute Gasteiger partial charge is 0.352 e. The highest BCUT2D eigenvalue weighted by Crippen LogP contribution is 2.30. The Labute approximate surface area is 279 Å². The van der Waals surface area contributed by atoms with E-state index >= 15 is 0 Å². The van der Waals surface area contributed by atoms with E-state index in [0.717, 1.165) is 19.9 Å². The fraction of sp³-hybridized carbons (Fsp3) is 0.257. The number of carbonyl (C=O) groups is 2. The Bertz CT molecular complexity index is 1700. The quantitative estimate of drug-likeness (QED) is 0.160. The number of benzene rings is 4. The van der Waals surface area contributed by atoms with Crippen molar-refractivity contribution < 1.29 is 18.0 Å². The summed E-state index contributed by atoms with van der Waals surface area (Å²) < 4.78 is 30.3. The van der Waals surface area contributed by atoms with Gasteiger partial charge in [0.1, 0.15) is 12.6 Å². The van der Waals surface area contributed by atoms with Crippen molar-refractivity contribution >= 4 is 55.1 Å². The Balaban J connectivity index is 1.83. The van der Waals surface area contributed by atoms with Gasteiger partial charge in [0.15, 0.2) is 0 Å². The van der Waals surface area contributed by atoms with Crippen LogP contribution in [0.15, 0.2) is 112 Å². The number of nitrogens with one attached hydrogen (secondary N) is 1. The first-order valence-electron chi connectivity index (χ1n) is 14.7. The highest BCUT2D eigenvalue weighted by Gasteiger charge is 2.35. The number of sulfonamides is 1. The molecular weight excluding hydrogens is 674 g/mol. The van der Waals surface area contributed by atoms with E-state index in [2.05, 4.69) is 21.2 Å². The third-order valence-corrected chi connectivity index (χ3v) is 10.1. The lowest BCUT2D eigenvalue weighted by Crippen LogP contribution is -2.54. The second-order valence-corrected chi connectivity index (χ2v) is 14.1. The molecule has 0 fully saturated rings. The van der Waals surface area contributed by atoms with Gasteiger partial charge in [-0.2, -0.15) is 0 Å². The number of nitrogens with zero attached hydrogens (tertiary/aromatic N) is 2. The summed E-state index contributed by atoms with van der Waals surface area (Å²) in [5, 5.41) is 3.38. The second-order valence-electron chi connectivity index (χ2n) is 10.9. The van der Waals surface area contributed by atoms with Crippen LogP contribution in [-0.2, 0) is 32.6 Å². The average molecular weight is 711 g/mol. The van der Waals surface area contributed by atoms with Crippen LogP contribution < -0.4 is 9.62 Å². The fourth-order valence-electron chi connectivity index (χ4n) is 4.87. The van der Waals surface area contributed by atoms with Crippen LogP contribution in [0.1, 0.15) is 37.0 Å². The molecule has 0 aromatic heterocycles. The predicted molar refractivity (Wildman–Crippen MR) is 184 cm³/mol. The van der Waals surface area contributed by atoms with E-state index in [0.29, 0.717) is 17.0 Å². The molecule has 0 spiro atoms. The van der Waals surface area contributed by atoms with E-state index in [9.17, 15) is 18.0 Å². The van der Waals surface area contributed by atoms with Crippen molar-refractivity contribution in [2.24, 2.45) is 0 Å². The lowest BCUT2D eigenvalue weighted by molar-refractivity contribution is -0.140. The number of halogens is 2. The summed E-state index contributed by atoms with van der Waals surface area (Å²) in [6, 6.07) is 28.8. The van der Waals surface area contributed by atoms with E-state index in [1.165, 1.54) is 17.0 Å². The molecule has 0 aliphatic rings. The summed E-state index contributed by atoms with van der Waals surface area (Å²) in [6.07, 6.45) is 0.953. The maximum atomic E-state index is 14.6. The number of hydrogen-bond acceptors (Lipinski definition) is 4. The minimum Gasteiger partial charge on any atom is -0.352 e. The van der Waals surface area contributed by atoms with Gasteiger partial charge in [0.2, 0.25) is 11.8 Å². The first kappa shape index (κ1) is 34.2. The third-order valence-electron chi connectivity index (χ3n) is 7.59. The van der Waals surface area contributed by atoms with Gasteiger partial charge in [0.05, 0.1) is 10.6 Å². The zero-order valence-corrected chi connectivity index (χ0v) is 28.6. The average Bonchev–Trinajstić information content (AvgIpc) is 3.04. The summed E-state index contributed by atoms with van der Waals surface area (Å²) in [6.45, 7) is 5.19. The van der Waals surface area contributed by atoms with E-state index in [-0.39, 0.29) is 35.5 Å². The van der Waals surface area contributed by atoms with Crippen LogP contribution in [0.25, 0.3) is 0 Å². The summed E-state index contributed by atoms with van der Waals surface area (Å²) in [7, 11) is -4.21. The SMILES string of the molecule is CC[C@@H](C)NC(=O)[C@@H](Cc1ccccc1)N(Cc1ccc(Br)cc1)C(=O)CN(c1cc(Cl)ccc1C)S(=O)(=O)c1ccccc1. The van der Waals surface area contributed by atoms with Gasteiger partial charge in [-0.15, -0.1) is 0 Å². The topological polar surface area (TPSA) is 86.8 Å². The first-order valence-corrected chi connectivity index (χ1v) is 17.3. The molecule has 0 saturated carbocycles. The van der Waals surface area contributed by atoms with Crippen molar-refractivity contribution in [2.75, 3.05) is 10.8 Å². The van der Waals surface area contributed by atoms with Crippen LogP contribution in [-0.4, -0.2) is 43.8 Å². The second kappa shape index (κ2) is 15.6. The molecule has 10 heteroatoms. The number of carbonyl (C=O) groups excluding carboxylic acids is 2. The van der Waals surface area contributed by atoms with Gasteiger partial charge in [-0.3, -0.25) is 13.9 Å². The van der Waals surface area contributed by atoms with E-state index in [1.807, 2.05) is 68.4 Å². The fourth-order valence-corrected chi connectivity index (χ4v) is 6.79.